The fraction of sp³-hybridized carbons (Fsp3) is 0.278. The Hall–Kier alpha value is -1.27. The average Bonchev–Trinajstić information content (AvgIpc) is 3.00. The lowest BCUT2D eigenvalue weighted by Gasteiger charge is -2.18. The van der Waals surface area contributed by atoms with E-state index in [0.717, 1.165) is 11.4 Å². The Morgan fingerprint density at radius 1 is 1.00 bits per heavy atom. The van der Waals surface area contributed by atoms with Crippen molar-refractivity contribution in [3.63, 3.8) is 0 Å². The molecule has 95 valence electrons. The van der Waals surface area contributed by atoms with E-state index in [-0.39, 0.29) is 0 Å². The molecule has 2 unspecified atom stereocenters. The summed E-state index contributed by atoms with van der Waals surface area (Å²) in [6, 6.07) is 15.2. The van der Waals surface area contributed by atoms with E-state index in [2.05, 4.69) is 42.8 Å². The molecule has 0 nitrogen and oxygen atoms in total. The van der Waals surface area contributed by atoms with Crippen molar-refractivity contribution in [3.05, 3.63) is 76.2 Å². The Kier molecular flexibility index (Phi) is 2.66. The highest BCUT2D eigenvalue weighted by molar-refractivity contribution is 6.30. The first-order valence-corrected chi connectivity index (χ1v) is 7.40. The number of benzene rings is 2. The lowest BCUT2D eigenvalue weighted by Crippen LogP contribution is -2.09. The third kappa shape index (κ3) is 1.90. The zero-order valence-electron chi connectivity index (χ0n) is 10.8. The summed E-state index contributed by atoms with van der Waals surface area (Å²) in [7, 11) is 0. The summed E-state index contributed by atoms with van der Waals surface area (Å²) in [5.74, 6) is 1.35. The Balaban J connectivity index is 1.64. The maximum absolute atomic E-state index is 6.10. The monoisotopic (exact) mass is 267 g/mol. The van der Waals surface area contributed by atoms with Crippen molar-refractivity contribution in [1.82, 2.24) is 0 Å². The first-order chi connectivity index (χ1) is 9.31. The molecule has 0 spiro atoms. The van der Waals surface area contributed by atoms with Gasteiger partial charge >= 0.3 is 0 Å². The maximum atomic E-state index is 6.10. The van der Waals surface area contributed by atoms with E-state index in [1.807, 2.05) is 6.07 Å². The van der Waals surface area contributed by atoms with Crippen LogP contribution in [0.25, 0.3) is 0 Å². The highest BCUT2D eigenvalue weighted by atomic mass is 35.5. The maximum Gasteiger partial charge on any atom is 0.0408 e. The summed E-state index contributed by atoms with van der Waals surface area (Å²) in [4.78, 5) is 0. The van der Waals surface area contributed by atoms with Crippen LogP contribution in [0.1, 0.15) is 34.6 Å². The number of hydrogen-bond acceptors (Lipinski definition) is 0. The molecule has 2 aromatic carbocycles. The van der Waals surface area contributed by atoms with Crippen LogP contribution in [0.3, 0.4) is 0 Å². The van der Waals surface area contributed by atoms with Gasteiger partial charge in [0.25, 0.3) is 0 Å². The van der Waals surface area contributed by atoms with Gasteiger partial charge in [-0.15, -0.1) is 0 Å². The molecule has 0 saturated heterocycles. The largest absolute Gasteiger partial charge is 0.0843 e. The summed E-state index contributed by atoms with van der Waals surface area (Å²) in [6.45, 7) is 0. The zero-order chi connectivity index (χ0) is 12.8. The van der Waals surface area contributed by atoms with Crippen LogP contribution in [0.5, 0.6) is 0 Å². The van der Waals surface area contributed by atoms with Crippen LogP contribution in [0, 0.1) is 12.3 Å². The van der Waals surface area contributed by atoms with E-state index < -0.39 is 0 Å². The fourth-order valence-corrected chi connectivity index (χ4v) is 3.95. The molecule has 0 N–H and O–H groups in total. The molecule has 0 saturated carbocycles. The second kappa shape index (κ2) is 4.38. The van der Waals surface area contributed by atoms with Crippen molar-refractivity contribution < 1.29 is 0 Å². The highest BCUT2D eigenvalue weighted by Crippen LogP contribution is 2.45. The number of rotatable bonds is 1. The van der Waals surface area contributed by atoms with Crippen LogP contribution < -0.4 is 0 Å². The SMILES string of the molecule is Clc1ccc2c(c1)CC(C1CCc3ccccc31)[CH]2. The van der Waals surface area contributed by atoms with Crippen molar-refractivity contribution in [3.8, 4) is 0 Å². The summed E-state index contributed by atoms with van der Waals surface area (Å²) in [5.41, 5.74) is 5.93. The Bertz CT molecular complexity index is 629. The van der Waals surface area contributed by atoms with Gasteiger partial charge in [-0.25, -0.2) is 0 Å². The molecule has 1 heteroatoms. The van der Waals surface area contributed by atoms with Crippen molar-refractivity contribution >= 4 is 11.6 Å². The molecular weight excluding hydrogens is 252 g/mol. The van der Waals surface area contributed by atoms with Crippen LogP contribution in [-0.2, 0) is 12.8 Å². The van der Waals surface area contributed by atoms with Gasteiger partial charge in [-0.3, -0.25) is 0 Å². The van der Waals surface area contributed by atoms with Crippen LogP contribution in [0.2, 0.25) is 5.02 Å². The molecule has 1 radical (unpaired) electrons. The molecule has 0 heterocycles. The molecular formula is C18H16Cl. The third-order valence-electron chi connectivity index (χ3n) is 4.65. The molecule has 2 aromatic rings. The van der Waals surface area contributed by atoms with Crippen molar-refractivity contribution in [2.75, 3.05) is 0 Å². The Labute approximate surface area is 119 Å². The summed E-state index contributed by atoms with van der Waals surface area (Å²) >= 11 is 6.10. The van der Waals surface area contributed by atoms with Crippen molar-refractivity contribution in [2.45, 2.75) is 25.2 Å². The zero-order valence-corrected chi connectivity index (χ0v) is 11.5. The van der Waals surface area contributed by atoms with Gasteiger partial charge in [0.15, 0.2) is 0 Å². The van der Waals surface area contributed by atoms with E-state index in [1.165, 1.54) is 24.0 Å². The second-order valence-electron chi connectivity index (χ2n) is 5.72. The van der Waals surface area contributed by atoms with E-state index in [1.54, 1.807) is 11.1 Å². The van der Waals surface area contributed by atoms with Crippen LogP contribution in [-0.4, -0.2) is 0 Å². The average molecular weight is 268 g/mol. The molecule has 0 aliphatic heterocycles. The van der Waals surface area contributed by atoms with Gasteiger partial charge in [0.05, 0.1) is 0 Å². The molecule has 0 amide bonds. The van der Waals surface area contributed by atoms with E-state index in [4.69, 9.17) is 11.6 Å². The van der Waals surface area contributed by atoms with Gasteiger partial charge in [-0.1, -0.05) is 41.9 Å². The first-order valence-electron chi connectivity index (χ1n) is 7.02. The standard InChI is InChI=1S/C18H16Cl/c19-16-7-5-13-9-15(10-14(13)11-16)18-8-6-12-3-1-2-4-17(12)18/h1-5,7,9,11,15,18H,6,8,10H2. The van der Waals surface area contributed by atoms with Gasteiger partial charge in [-0.05, 0) is 71.9 Å². The topological polar surface area (TPSA) is 0 Å². The molecule has 0 fully saturated rings. The Morgan fingerprint density at radius 3 is 2.84 bits per heavy atom. The lowest BCUT2D eigenvalue weighted by atomic mass is 9.85. The van der Waals surface area contributed by atoms with Gasteiger partial charge in [0, 0.05) is 5.02 Å². The molecule has 2 aliphatic carbocycles. The number of aryl methyl sites for hydroxylation is 1. The minimum atomic E-state index is 0.650. The lowest BCUT2D eigenvalue weighted by molar-refractivity contribution is 0.497. The number of halogens is 1. The molecule has 4 rings (SSSR count). The smallest absolute Gasteiger partial charge is 0.0408 e. The molecule has 0 aromatic heterocycles. The van der Waals surface area contributed by atoms with Gasteiger partial charge in [0.2, 0.25) is 0 Å². The van der Waals surface area contributed by atoms with Crippen molar-refractivity contribution in [2.24, 2.45) is 5.92 Å². The normalized spacial score (nSPS) is 24.3. The molecule has 2 aliphatic rings. The number of hydrogen-bond donors (Lipinski definition) is 0. The van der Waals surface area contributed by atoms with Gasteiger partial charge in [0.1, 0.15) is 0 Å². The predicted octanol–water partition coefficient (Wildman–Crippen LogP) is 4.79. The molecule has 19 heavy (non-hydrogen) atoms. The summed E-state index contributed by atoms with van der Waals surface area (Å²) < 4.78 is 0. The second-order valence-corrected chi connectivity index (χ2v) is 6.16. The van der Waals surface area contributed by atoms with E-state index >= 15 is 0 Å². The summed E-state index contributed by atoms with van der Waals surface area (Å²) in [6.07, 6.45) is 6.14. The Morgan fingerprint density at radius 2 is 1.89 bits per heavy atom. The minimum absolute atomic E-state index is 0.650. The van der Waals surface area contributed by atoms with Crippen LogP contribution in [0.4, 0.5) is 0 Å². The highest BCUT2D eigenvalue weighted by Gasteiger charge is 2.33. The van der Waals surface area contributed by atoms with E-state index in [0.29, 0.717) is 11.8 Å². The van der Waals surface area contributed by atoms with Crippen molar-refractivity contribution in [1.29, 1.82) is 0 Å². The van der Waals surface area contributed by atoms with Crippen LogP contribution >= 0.6 is 11.6 Å². The summed E-state index contributed by atoms with van der Waals surface area (Å²) in [5, 5.41) is 0.861. The molecule has 0 bridgehead atoms. The fourth-order valence-electron chi connectivity index (χ4n) is 3.75. The quantitative estimate of drug-likeness (QED) is 0.697. The van der Waals surface area contributed by atoms with Crippen LogP contribution in [0.15, 0.2) is 42.5 Å². The minimum Gasteiger partial charge on any atom is -0.0843 e. The number of fused-ring (bicyclic) bond motifs is 2. The predicted molar refractivity (Wildman–Crippen MR) is 79.6 cm³/mol. The third-order valence-corrected chi connectivity index (χ3v) is 4.89. The van der Waals surface area contributed by atoms with E-state index in [9.17, 15) is 0 Å². The first kappa shape index (κ1) is 11.5. The van der Waals surface area contributed by atoms with Gasteiger partial charge < -0.3 is 0 Å². The molecule has 2 atom stereocenters. The van der Waals surface area contributed by atoms with Gasteiger partial charge in [-0.2, -0.15) is 0 Å².